The van der Waals surface area contributed by atoms with Crippen LogP contribution in [0.25, 0.3) is 21.8 Å². The third-order valence-electron chi connectivity index (χ3n) is 4.09. The van der Waals surface area contributed by atoms with Crippen LogP contribution in [-0.2, 0) is 4.74 Å². The fourth-order valence-corrected chi connectivity index (χ4v) is 2.84. The minimum Gasteiger partial charge on any atom is -0.379 e. The van der Waals surface area contributed by atoms with Crippen LogP contribution in [0.2, 0.25) is 0 Å². The molecule has 2 N–H and O–H groups in total. The maximum absolute atomic E-state index is 12.6. The molecule has 0 bridgehead atoms. The van der Waals surface area contributed by atoms with Crippen molar-refractivity contribution in [3.63, 3.8) is 0 Å². The topological polar surface area (TPSA) is 71.2 Å². The van der Waals surface area contributed by atoms with E-state index in [0.717, 1.165) is 5.52 Å². The molecule has 1 aromatic heterocycles. The summed E-state index contributed by atoms with van der Waals surface area (Å²) in [5.41, 5.74) is 1.41. The van der Waals surface area contributed by atoms with E-state index in [0.29, 0.717) is 35.1 Å². The van der Waals surface area contributed by atoms with Gasteiger partial charge in [-0.3, -0.25) is 9.59 Å². The summed E-state index contributed by atoms with van der Waals surface area (Å²) in [4.78, 5) is 28.4. The molecule has 0 saturated carbocycles. The van der Waals surface area contributed by atoms with Gasteiger partial charge in [0.15, 0.2) is 5.43 Å². The number of fused-ring (bicyclic) bond motifs is 2. The standard InChI is InChI=1S/C20H22N2O3/c1-4-25-12-20(2,3)22-19(24)13-9-10-15-17(11-13)21-16-8-6-5-7-14(16)18(15)23/h5-11H,4,12H2,1-3H3,(H,21,23)(H,22,24). The Morgan fingerprint density at radius 1 is 1.12 bits per heavy atom. The first-order chi connectivity index (χ1) is 11.9. The van der Waals surface area contributed by atoms with E-state index >= 15 is 0 Å². The van der Waals surface area contributed by atoms with E-state index in [9.17, 15) is 9.59 Å². The zero-order valence-corrected chi connectivity index (χ0v) is 14.7. The lowest BCUT2D eigenvalue weighted by atomic mass is 10.0. The Kier molecular flexibility index (Phi) is 4.59. The van der Waals surface area contributed by atoms with E-state index < -0.39 is 5.54 Å². The van der Waals surface area contributed by atoms with Gasteiger partial charge in [0.25, 0.3) is 5.91 Å². The molecule has 0 atom stereocenters. The molecule has 0 fully saturated rings. The number of amides is 1. The maximum Gasteiger partial charge on any atom is 0.251 e. The largest absolute Gasteiger partial charge is 0.379 e. The monoisotopic (exact) mass is 338 g/mol. The highest BCUT2D eigenvalue weighted by molar-refractivity contribution is 6.00. The molecule has 1 heterocycles. The highest BCUT2D eigenvalue weighted by Crippen LogP contribution is 2.17. The van der Waals surface area contributed by atoms with Gasteiger partial charge in [-0.2, -0.15) is 0 Å². The van der Waals surface area contributed by atoms with E-state index in [2.05, 4.69) is 10.3 Å². The third-order valence-corrected chi connectivity index (χ3v) is 4.09. The zero-order chi connectivity index (χ0) is 18.0. The highest BCUT2D eigenvalue weighted by atomic mass is 16.5. The Bertz CT molecular complexity index is 989. The molecule has 1 amide bonds. The summed E-state index contributed by atoms with van der Waals surface area (Å²) >= 11 is 0. The molecule has 0 aliphatic carbocycles. The van der Waals surface area contributed by atoms with Crippen LogP contribution in [0.4, 0.5) is 0 Å². The molecule has 0 spiro atoms. The van der Waals surface area contributed by atoms with Crippen molar-refractivity contribution in [3.8, 4) is 0 Å². The van der Waals surface area contributed by atoms with Crippen molar-refractivity contribution in [1.82, 2.24) is 10.3 Å². The highest BCUT2D eigenvalue weighted by Gasteiger charge is 2.21. The third kappa shape index (κ3) is 3.56. The predicted molar refractivity (Wildman–Crippen MR) is 100 cm³/mol. The maximum atomic E-state index is 12.6. The number of aromatic amines is 1. The number of rotatable bonds is 5. The number of H-pyrrole nitrogens is 1. The molecule has 25 heavy (non-hydrogen) atoms. The quantitative estimate of drug-likeness (QED) is 0.702. The molecular weight excluding hydrogens is 316 g/mol. The van der Waals surface area contributed by atoms with Crippen molar-refractivity contribution < 1.29 is 9.53 Å². The second-order valence-corrected chi connectivity index (χ2v) is 6.74. The predicted octanol–water partition coefficient (Wildman–Crippen LogP) is 3.23. The number of carbonyl (C=O) groups is 1. The molecule has 5 nitrogen and oxygen atoms in total. The van der Waals surface area contributed by atoms with Gasteiger partial charge < -0.3 is 15.0 Å². The number of pyridine rings is 1. The van der Waals surface area contributed by atoms with Crippen molar-refractivity contribution in [3.05, 3.63) is 58.3 Å². The molecule has 2 aromatic carbocycles. The first kappa shape index (κ1) is 17.2. The van der Waals surface area contributed by atoms with E-state index in [1.54, 1.807) is 24.3 Å². The number of ether oxygens (including phenoxy) is 1. The Morgan fingerprint density at radius 2 is 1.84 bits per heavy atom. The van der Waals surface area contributed by atoms with Gasteiger partial charge in [-0.1, -0.05) is 12.1 Å². The van der Waals surface area contributed by atoms with Crippen molar-refractivity contribution in [2.45, 2.75) is 26.3 Å². The van der Waals surface area contributed by atoms with Crippen LogP contribution < -0.4 is 10.7 Å². The molecule has 0 aliphatic heterocycles. The Hall–Kier alpha value is -2.66. The number of hydrogen-bond donors (Lipinski definition) is 2. The molecule has 130 valence electrons. The van der Waals surface area contributed by atoms with Crippen LogP contribution in [0.3, 0.4) is 0 Å². The summed E-state index contributed by atoms with van der Waals surface area (Å²) in [5, 5.41) is 4.18. The summed E-state index contributed by atoms with van der Waals surface area (Å²) in [6.07, 6.45) is 0. The van der Waals surface area contributed by atoms with E-state index in [-0.39, 0.29) is 11.3 Å². The molecule has 0 unspecified atom stereocenters. The van der Waals surface area contributed by atoms with E-state index in [1.807, 2.05) is 39.0 Å². The number of aromatic nitrogens is 1. The fourth-order valence-electron chi connectivity index (χ4n) is 2.84. The Labute approximate surface area is 146 Å². The van der Waals surface area contributed by atoms with Gasteiger partial charge in [0.1, 0.15) is 0 Å². The SMILES string of the molecule is CCOCC(C)(C)NC(=O)c1ccc2c(=O)c3ccccc3[nH]c2c1. The second-order valence-electron chi connectivity index (χ2n) is 6.74. The van der Waals surface area contributed by atoms with Crippen molar-refractivity contribution >= 4 is 27.7 Å². The van der Waals surface area contributed by atoms with Crippen LogP contribution in [0.1, 0.15) is 31.1 Å². The molecule has 0 aliphatic rings. The van der Waals surface area contributed by atoms with Crippen molar-refractivity contribution in [2.24, 2.45) is 0 Å². The molecule has 5 heteroatoms. The lowest BCUT2D eigenvalue weighted by molar-refractivity contribution is 0.0725. The summed E-state index contributed by atoms with van der Waals surface area (Å²) in [7, 11) is 0. The number of benzene rings is 2. The smallest absolute Gasteiger partial charge is 0.251 e. The van der Waals surface area contributed by atoms with Gasteiger partial charge >= 0.3 is 0 Å². The van der Waals surface area contributed by atoms with Crippen LogP contribution in [0.15, 0.2) is 47.3 Å². The number of hydrogen-bond acceptors (Lipinski definition) is 3. The van der Waals surface area contributed by atoms with E-state index in [1.165, 1.54) is 0 Å². The second kappa shape index (κ2) is 6.69. The van der Waals surface area contributed by atoms with Crippen LogP contribution in [0, 0.1) is 0 Å². The minimum atomic E-state index is -0.473. The van der Waals surface area contributed by atoms with Crippen molar-refractivity contribution in [2.75, 3.05) is 13.2 Å². The fraction of sp³-hybridized carbons (Fsp3) is 0.300. The molecule has 0 radical (unpaired) electrons. The lowest BCUT2D eigenvalue weighted by Crippen LogP contribution is -2.47. The molecule has 3 aromatic rings. The van der Waals surface area contributed by atoms with Gasteiger partial charge in [-0.25, -0.2) is 0 Å². The average molecular weight is 338 g/mol. The van der Waals surface area contributed by atoms with Gasteiger partial charge in [-0.05, 0) is 51.1 Å². The number of nitrogens with one attached hydrogen (secondary N) is 2. The number of para-hydroxylation sites is 1. The first-order valence-electron chi connectivity index (χ1n) is 8.36. The average Bonchev–Trinajstić information content (AvgIpc) is 2.59. The van der Waals surface area contributed by atoms with Gasteiger partial charge in [-0.15, -0.1) is 0 Å². The Morgan fingerprint density at radius 3 is 2.60 bits per heavy atom. The zero-order valence-electron chi connectivity index (χ0n) is 14.7. The van der Waals surface area contributed by atoms with Gasteiger partial charge in [0, 0.05) is 28.5 Å². The van der Waals surface area contributed by atoms with Crippen LogP contribution >= 0.6 is 0 Å². The minimum absolute atomic E-state index is 0.0343. The Balaban J connectivity index is 1.97. The summed E-state index contributed by atoms with van der Waals surface area (Å²) < 4.78 is 5.41. The van der Waals surface area contributed by atoms with Crippen LogP contribution in [0.5, 0.6) is 0 Å². The van der Waals surface area contributed by atoms with Crippen LogP contribution in [-0.4, -0.2) is 29.6 Å². The molecule has 3 rings (SSSR count). The van der Waals surface area contributed by atoms with Crippen molar-refractivity contribution in [1.29, 1.82) is 0 Å². The number of carbonyl (C=O) groups excluding carboxylic acids is 1. The van der Waals surface area contributed by atoms with Gasteiger partial charge in [0.2, 0.25) is 0 Å². The first-order valence-corrected chi connectivity index (χ1v) is 8.36. The normalized spacial score (nSPS) is 11.8. The summed E-state index contributed by atoms with van der Waals surface area (Å²) in [5.74, 6) is -0.194. The lowest BCUT2D eigenvalue weighted by Gasteiger charge is -2.26. The summed E-state index contributed by atoms with van der Waals surface area (Å²) in [6, 6.07) is 12.5. The summed E-state index contributed by atoms with van der Waals surface area (Å²) in [6.45, 7) is 6.78. The molecule has 0 saturated heterocycles. The van der Waals surface area contributed by atoms with E-state index in [4.69, 9.17) is 4.74 Å². The molecular formula is C20H22N2O3. The van der Waals surface area contributed by atoms with Gasteiger partial charge in [0.05, 0.1) is 17.7 Å².